The topological polar surface area (TPSA) is 66.5 Å². The van der Waals surface area contributed by atoms with Gasteiger partial charge in [-0.15, -0.1) is 0 Å². The zero-order chi connectivity index (χ0) is 19.9. The molecule has 0 radical (unpaired) electrons. The minimum Gasteiger partial charge on any atom is -0.353 e. The van der Waals surface area contributed by atoms with E-state index in [-0.39, 0.29) is 17.6 Å². The van der Waals surface area contributed by atoms with Crippen molar-refractivity contribution in [2.24, 2.45) is 17.8 Å². The van der Waals surface area contributed by atoms with Crippen molar-refractivity contribution in [2.45, 2.75) is 50.3 Å². The first-order valence-corrected chi connectivity index (χ1v) is 12.4. The normalized spacial score (nSPS) is 28.6. The van der Waals surface area contributed by atoms with Crippen LogP contribution in [-0.4, -0.2) is 37.8 Å². The van der Waals surface area contributed by atoms with E-state index in [4.69, 9.17) is 23.2 Å². The summed E-state index contributed by atoms with van der Waals surface area (Å²) in [5, 5.41) is 4.01. The predicted molar refractivity (Wildman–Crippen MR) is 111 cm³/mol. The lowest BCUT2D eigenvalue weighted by Gasteiger charge is -2.32. The maximum absolute atomic E-state index is 12.7. The summed E-state index contributed by atoms with van der Waals surface area (Å²) in [4.78, 5) is 12.6. The third-order valence-corrected chi connectivity index (χ3v) is 9.21. The smallest absolute Gasteiger partial charge is 0.223 e. The van der Waals surface area contributed by atoms with E-state index in [0.717, 1.165) is 12.3 Å². The molecule has 0 aromatic heterocycles. The number of piperidine rings is 1. The summed E-state index contributed by atoms with van der Waals surface area (Å²) in [6.45, 7) is 0.775. The van der Waals surface area contributed by atoms with E-state index in [1.807, 2.05) is 0 Å². The van der Waals surface area contributed by atoms with Crippen molar-refractivity contribution in [3.8, 4) is 0 Å². The average Bonchev–Trinajstić information content (AvgIpc) is 3.28. The number of benzene rings is 1. The Labute approximate surface area is 176 Å². The molecular weight excluding hydrogens is 419 g/mol. The Morgan fingerprint density at radius 2 is 1.82 bits per heavy atom. The number of rotatable bonds is 5. The van der Waals surface area contributed by atoms with E-state index in [1.54, 1.807) is 18.2 Å². The molecule has 1 aromatic carbocycles. The van der Waals surface area contributed by atoms with Gasteiger partial charge in [0, 0.05) is 25.0 Å². The van der Waals surface area contributed by atoms with Crippen LogP contribution < -0.4 is 5.32 Å². The molecule has 2 aliphatic carbocycles. The van der Waals surface area contributed by atoms with Crippen LogP contribution >= 0.6 is 23.2 Å². The Bertz CT molecular complexity index is 853. The summed E-state index contributed by atoms with van der Waals surface area (Å²) in [7, 11) is -3.44. The van der Waals surface area contributed by atoms with Crippen molar-refractivity contribution in [1.29, 1.82) is 0 Å². The molecule has 0 spiro atoms. The molecule has 8 heteroatoms. The van der Waals surface area contributed by atoms with Gasteiger partial charge < -0.3 is 5.32 Å². The SMILES string of the molecule is O=C(N[C@H]1C[C@H]2CC[C@@H]1C2)C1CCN(S(=O)(=O)Cc2ccc(Cl)c(Cl)c2)CC1. The molecule has 1 aromatic rings. The molecule has 1 amide bonds. The Kier molecular flexibility index (Phi) is 5.94. The van der Waals surface area contributed by atoms with Gasteiger partial charge in [-0.1, -0.05) is 35.7 Å². The van der Waals surface area contributed by atoms with Gasteiger partial charge in [-0.25, -0.2) is 12.7 Å². The van der Waals surface area contributed by atoms with Crippen molar-refractivity contribution in [3.05, 3.63) is 33.8 Å². The summed E-state index contributed by atoms with van der Waals surface area (Å²) in [6.07, 6.45) is 6.08. The van der Waals surface area contributed by atoms with E-state index < -0.39 is 10.0 Å². The molecule has 1 heterocycles. The standard InChI is InChI=1S/C20H26Cl2N2O3S/c21-17-4-2-14(10-18(17)22)12-28(26,27)24-7-5-15(6-8-24)20(25)23-19-11-13-1-3-16(19)9-13/h2,4,10,13,15-16,19H,1,3,5-9,11-12H2,(H,23,25)/t13-,16+,19-/m0/s1. The van der Waals surface area contributed by atoms with Crippen molar-refractivity contribution < 1.29 is 13.2 Å². The monoisotopic (exact) mass is 444 g/mol. The molecule has 1 saturated heterocycles. The van der Waals surface area contributed by atoms with Crippen LogP contribution in [0.3, 0.4) is 0 Å². The zero-order valence-corrected chi connectivity index (χ0v) is 18.1. The fourth-order valence-electron chi connectivity index (χ4n) is 5.05. The number of fused-ring (bicyclic) bond motifs is 2. The second kappa shape index (κ2) is 8.13. The van der Waals surface area contributed by atoms with E-state index in [1.165, 1.54) is 23.6 Å². The number of hydrogen-bond acceptors (Lipinski definition) is 3. The number of sulfonamides is 1. The van der Waals surface area contributed by atoms with Gasteiger partial charge in [0.15, 0.2) is 0 Å². The van der Waals surface area contributed by atoms with Gasteiger partial charge in [0.05, 0.1) is 15.8 Å². The summed E-state index contributed by atoms with van der Waals surface area (Å²) in [5.41, 5.74) is 0.616. The Balaban J connectivity index is 1.30. The first-order chi connectivity index (χ1) is 13.3. The van der Waals surface area contributed by atoms with Gasteiger partial charge in [-0.3, -0.25) is 4.79 Å². The highest BCUT2D eigenvalue weighted by atomic mass is 35.5. The number of nitrogens with one attached hydrogen (secondary N) is 1. The van der Waals surface area contributed by atoms with Crippen LogP contribution in [-0.2, 0) is 20.6 Å². The van der Waals surface area contributed by atoms with Gasteiger partial charge in [-0.05, 0) is 61.6 Å². The number of carbonyl (C=O) groups is 1. The molecule has 1 N–H and O–H groups in total. The van der Waals surface area contributed by atoms with Gasteiger partial charge >= 0.3 is 0 Å². The van der Waals surface area contributed by atoms with Crippen LogP contribution in [0.4, 0.5) is 0 Å². The quantitative estimate of drug-likeness (QED) is 0.749. The molecule has 3 atom stereocenters. The largest absolute Gasteiger partial charge is 0.353 e. The summed E-state index contributed by atoms with van der Waals surface area (Å²) < 4.78 is 27.0. The van der Waals surface area contributed by atoms with E-state index in [9.17, 15) is 13.2 Å². The van der Waals surface area contributed by atoms with E-state index in [2.05, 4.69) is 5.32 Å². The van der Waals surface area contributed by atoms with Crippen molar-refractivity contribution >= 4 is 39.1 Å². The van der Waals surface area contributed by atoms with Gasteiger partial charge in [0.1, 0.15) is 0 Å². The minimum atomic E-state index is -3.44. The van der Waals surface area contributed by atoms with Gasteiger partial charge in [0.25, 0.3) is 0 Å². The fraction of sp³-hybridized carbons (Fsp3) is 0.650. The minimum absolute atomic E-state index is 0.0875. The molecule has 5 nitrogen and oxygen atoms in total. The third-order valence-electron chi connectivity index (χ3n) is 6.62. The number of carbonyl (C=O) groups excluding carboxylic acids is 1. The van der Waals surface area contributed by atoms with Crippen molar-refractivity contribution in [2.75, 3.05) is 13.1 Å². The van der Waals surface area contributed by atoms with Crippen LogP contribution in [0.25, 0.3) is 0 Å². The third kappa shape index (κ3) is 4.35. The van der Waals surface area contributed by atoms with Gasteiger partial charge in [-0.2, -0.15) is 0 Å². The summed E-state index contributed by atoms with van der Waals surface area (Å²) in [5.74, 6) is 1.37. The van der Waals surface area contributed by atoms with Crippen molar-refractivity contribution in [1.82, 2.24) is 9.62 Å². The van der Waals surface area contributed by atoms with Crippen LogP contribution in [0.5, 0.6) is 0 Å². The first-order valence-electron chi connectivity index (χ1n) is 10.0. The van der Waals surface area contributed by atoms with Crippen LogP contribution in [0.1, 0.15) is 44.1 Å². The fourth-order valence-corrected chi connectivity index (χ4v) is 6.92. The average molecular weight is 445 g/mol. The Morgan fingerprint density at radius 3 is 2.43 bits per heavy atom. The maximum atomic E-state index is 12.7. The van der Waals surface area contributed by atoms with Gasteiger partial charge in [0.2, 0.25) is 15.9 Å². The Hall–Kier alpha value is -0.820. The molecule has 1 aliphatic heterocycles. The zero-order valence-electron chi connectivity index (χ0n) is 15.7. The first kappa shape index (κ1) is 20.5. The second-order valence-electron chi connectivity index (χ2n) is 8.47. The molecule has 28 heavy (non-hydrogen) atoms. The lowest BCUT2D eigenvalue weighted by Crippen LogP contribution is -2.46. The summed E-state index contributed by atoms with van der Waals surface area (Å²) in [6, 6.07) is 5.22. The highest BCUT2D eigenvalue weighted by Gasteiger charge is 2.41. The number of nitrogens with zero attached hydrogens (tertiary/aromatic N) is 1. The predicted octanol–water partition coefficient (Wildman–Crippen LogP) is 3.84. The maximum Gasteiger partial charge on any atom is 0.223 e. The van der Waals surface area contributed by atoms with Crippen LogP contribution in [0.15, 0.2) is 18.2 Å². The number of hydrogen-bond donors (Lipinski definition) is 1. The highest BCUT2D eigenvalue weighted by molar-refractivity contribution is 7.88. The molecule has 2 bridgehead atoms. The molecule has 4 rings (SSSR count). The molecule has 3 fully saturated rings. The molecule has 2 saturated carbocycles. The molecule has 0 unspecified atom stereocenters. The van der Waals surface area contributed by atoms with Crippen LogP contribution in [0, 0.1) is 17.8 Å². The highest BCUT2D eigenvalue weighted by Crippen LogP contribution is 2.44. The van der Waals surface area contributed by atoms with E-state index >= 15 is 0 Å². The molecular formula is C20H26Cl2N2O3S. The Morgan fingerprint density at radius 1 is 1.07 bits per heavy atom. The lowest BCUT2D eigenvalue weighted by atomic mass is 9.93. The van der Waals surface area contributed by atoms with Crippen LogP contribution in [0.2, 0.25) is 10.0 Å². The number of halogens is 2. The number of amides is 1. The molecule has 3 aliphatic rings. The molecule has 154 valence electrons. The lowest BCUT2D eigenvalue weighted by molar-refractivity contribution is -0.127. The van der Waals surface area contributed by atoms with Crippen molar-refractivity contribution in [3.63, 3.8) is 0 Å². The second-order valence-corrected chi connectivity index (χ2v) is 11.3. The van der Waals surface area contributed by atoms with E-state index in [0.29, 0.717) is 53.5 Å². The summed E-state index contributed by atoms with van der Waals surface area (Å²) >= 11 is 11.9.